The highest BCUT2D eigenvalue weighted by atomic mass is 127. The molecule has 0 radical (unpaired) electrons. The van der Waals surface area contributed by atoms with Crippen LogP contribution < -0.4 is 0 Å². The Bertz CT molecular complexity index is 151. The third-order valence-corrected chi connectivity index (χ3v) is 2.86. The van der Waals surface area contributed by atoms with E-state index >= 15 is 0 Å². The highest BCUT2D eigenvalue weighted by Gasteiger charge is 2.30. The smallest absolute Gasteiger partial charge is 0.319 e. The maximum Gasteiger partial charge on any atom is 0.319 e. The van der Waals surface area contributed by atoms with E-state index in [0.29, 0.717) is 6.04 Å². The van der Waals surface area contributed by atoms with Gasteiger partial charge in [-0.2, -0.15) is 0 Å². The van der Waals surface area contributed by atoms with Crippen LogP contribution in [0.3, 0.4) is 0 Å². The fraction of sp³-hybridized carbons (Fsp3) is 0.833. The Morgan fingerprint density at radius 3 is 2.50 bits per heavy atom. The molecule has 0 unspecified atom stereocenters. The molecule has 0 saturated carbocycles. The van der Waals surface area contributed by atoms with Gasteiger partial charge < -0.3 is 9.80 Å². The molecule has 4 heteroatoms. The Kier molecular flexibility index (Phi) is 2.38. The summed E-state index contributed by atoms with van der Waals surface area (Å²) in [6, 6.07) is 0.555. The molecule has 2 amide bonds. The Morgan fingerprint density at radius 2 is 2.30 bits per heavy atom. The molecule has 1 heterocycles. The molecule has 0 aromatic heterocycles. The van der Waals surface area contributed by atoms with Crippen molar-refractivity contribution in [2.45, 2.75) is 6.04 Å². The minimum absolute atomic E-state index is 0.140. The van der Waals surface area contributed by atoms with Crippen LogP contribution in [-0.2, 0) is 0 Å². The number of nitrogens with zero attached hydrogens (tertiary/aromatic N) is 2. The lowest BCUT2D eigenvalue weighted by molar-refractivity contribution is 0.202. The van der Waals surface area contributed by atoms with Gasteiger partial charge in [0.05, 0.1) is 6.04 Å². The van der Waals surface area contributed by atoms with Crippen LogP contribution in [0, 0.1) is 0 Å². The van der Waals surface area contributed by atoms with Gasteiger partial charge in [0.1, 0.15) is 0 Å². The second-order valence-corrected chi connectivity index (χ2v) is 3.46. The summed E-state index contributed by atoms with van der Waals surface area (Å²) in [5.41, 5.74) is 0. The molecule has 1 aliphatic rings. The number of halogens is 1. The number of rotatable bonds is 1. The van der Waals surface area contributed by atoms with Crippen molar-refractivity contribution in [3.63, 3.8) is 0 Å². The van der Waals surface area contributed by atoms with Crippen LogP contribution in [0.1, 0.15) is 0 Å². The normalized spacial score (nSPS) is 26.3. The second-order valence-electron chi connectivity index (χ2n) is 2.58. The highest BCUT2D eigenvalue weighted by molar-refractivity contribution is 14.1. The molecule has 58 valence electrons. The maximum atomic E-state index is 11.1. The summed E-state index contributed by atoms with van der Waals surface area (Å²) >= 11 is 2.30. The van der Waals surface area contributed by atoms with Crippen molar-refractivity contribution in [1.29, 1.82) is 0 Å². The van der Waals surface area contributed by atoms with Gasteiger partial charge in [-0.15, -0.1) is 0 Å². The monoisotopic (exact) mass is 254 g/mol. The Hall–Kier alpha value is 0. The van der Waals surface area contributed by atoms with E-state index in [9.17, 15) is 4.79 Å². The number of hydrogen-bond acceptors (Lipinski definition) is 1. The zero-order valence-corrected chi connectivity index (χ0v) is 8.33. The molecule has 0 bridgehead atoms. The molecule has 0 spiro atoms. The van der Waals surface area contributed by atoms with E-state index in [2.05, 4.69) is 22.6 Å². The van der Waals surface area contributed by atoms with E-state index in [1.165, 1.54) is 0 Å². The van der Waals surface area contributed by atoms with Gasteiger partial charge in [0.25, 0.3) is 0 Å². The van der Waals surface area contributed by atoms with E-state index in [1.54, 1.807) is 9.80 Å². The summed E-state index contributed by atoms with van der Waals surface area (Å²) in [5, 5.41) is 0. The van der Waals surface area contributed by atoms with Crippen LogP contribution in [0.25, 0.3) is 0 Å². The lowest BCUT2D eigenvalue weighted by atomic mass is 10.3. The minimum Gasteiger partial charge on any atom is -0.326 e. The maximum absolute atomic E-state index is 11.1. The van der Waals surface area contributed by atoms with Crippen LogP contribution >= 0.6 is 22.6 Å². The zero-order chi connectivity index (χ0) is 7.72. The number of amides is 2. The van der Waals surface area contributed by atoms with E-state index in [1.807, 2.05) is 14.1 Å². The summed E-state index contributed by atoms with van der Waals surface area (Å²) in [6.45, 7) is 0.873. The molecule has 10 heavy (non-hydrogen) atoms. The largest absolute Gasteiger partial charge is 0.326 e. The van der Waals surface area contributed by atoms with Crippen molar-refractivity contribution in [2.75, 3.05) is 25.1 Å². The molecule has 1 saturated heterocycles. The molecule has 1 fully saturated rings. The molecule has 0 aliphatic carbocycles. The van der Waals surface area contributed by atoms with Gasteiger partial charge in [0.2, 0.25) is 0 Å². The summed E-state index contributed by atoms with van der Waals surface area (Å²) in [5.74, 6) is 0. The average molecular weight is 254 g/mol. The number of carbonyl (C=O) groups excluding carboxylic acids is 1. The Morgan fingerprint density at radius 1 is 1.70 bits per heavy atom. The second kappa shape index (κ2) is 2.94. The summed E-state index contributed by atoms with van der Waals surface area (Å²) in [4.78, 5) is 14.7. The van der Waals surface area contributed by atoms with Gasteiger partial charge in [-0.1, -0.05) is 22.6 Å². The van der Waals surface area contributed by atoms with Crippen molar-refractivity contribution in [2.24, 2.45) is 0 Å². The van der Waals surface area contributed by atoms with Crippen molar-refractivity contribution in [1.82, 2.24) is 9.80 Å². The first-order valence-corrected chi connectivity index (χ1v) is 4.73. The SMILES string of the molecule is CN1C[C@@H](CI)N(C)C1=O. The number of carbonyl (C=O) groups is 1. The van der Waals surface area contributed by atoms with Crippen LogP contribution in [-0.4, -0.2) is 46.9 Å². The fourth-order valence-electron chi connectivity index (χ4n) is 1.09. The van der Waals surface area contributed by atoms with Gasteiger partial charge in [0.15, 0.2) is 0 Å². The number of urea groups is 1. The molecule has 1 aliphatic heterocycles. The first-order valence-electron chi connectivity index (χ1n) is 3.20. The van der Waals surface area contributed by atoms with E-state index in [4.69, 9.17) is 0 Å². The third-order valence-electron chi connectivity index (χ3n) is 1.84. The van der Waals surface area contributed by atoms with Gasteiger partial charge in [-0.3, -0.25) is 0 Å². The molecule has 0 aromatic rings. The third kappa shape index (κ3) is 1.21. The quantitative estimate of drug-likeness (QED) is 0.501. The Balaban J connectivity index is 2.61. The predicted octanol–water partition coefficient (Wildman–Crippen LogP) is 0.787. The van der Waals surface area contributed by atoms with Gasteiger partial charge in [0, 0.05) is 25.1 Å². The van der Waals surface area contributed by atoms with E-state index < -0.39 is 0 Å². The summed E-state index contributed by atoms with van der Waals surface area (Å²) < 4.78 is 1.02. The predicted molar refractivity (Wildman–Crippen MR) is 48.5 cm³/mol. The molecule has 0 N–H and O–H groups in total. The molecule has 3 nitrogen and oxygen atoms in total. The van der Waals surface area contributed by atoms with E-state index in [0.717, 1.165) is 11.0 Å². The molecular weight excluding hydrogens is 243 g/mol. The van der Waals surface area contributed by atoms with Crippen LogP contribution in [0.5, 0.6) is 0 Å². The minimum atomic E-state index is 0.140. The van der Waals surface area contributed by atoms with Crippen molar-refractivity contribution in [3.05, 3.63) is 0 Å². The zero-order valence-electron chi connectivity index (χ0n) is 6.17. The highest BCUT2D eigenvalue weighted by Crippen LogP contribution is 2.13. The lowest BCUT2D eigenvalue weighted by Crippen LogP contribution is -2.30. The fourth-order valence-corrected chi connectivity index (χ4v) is 1.96. The summed E-state index contributed by atoms with van der Waals surface area (Å²) in [6.07, 6.45) is 0. The summed E-state index contributed by atoms with van der Waals surface area (Å²) in [7, 11) is 3.69. The average Bonchev–Trinajstić information content (AvgIpc) is 2.17. The van der Waals surface area contributed by atoms with Crippen molar-refractivity contribution < 1.29 is 4.79 Å². The molecule has 1 rings (SSSR count). The van der Waals surface area contributed by atoms with E-state index in [-0.39, 0.29) is 6.03 Å². The first kappa shape index (κ1) is 8.10. The first-order chi connectivity index (χ1) is 4.66. The molecular formula is C6H11IN2O. The lowest BCUT2D eigenvalue weighted by Gasteiger charge is -2.13. The standard InChI is InChI=1S/C6H11IN2O/c1-8-4-5(3-7)9(2)6(8)10/h5H,3-4H2,1-2H3/t5-/m1/s1. The van der Waals surface area contributed by atoms with Crippen molar-refractivity contribution in [3.8, 4) is 0 Å². The van der Waals surface area contributed by atoms with Crippen LogP contribution in [0.4, 0.5) is 4.79 Å². The topological polar surface area (TPSA) is 23.6 Å². The Labute approximate surface area is 74.5 Å². The van der Waals surface area contributed by atoms with Gasteiger partial charge >= 0.3 is 6.03 Å². The van der Waals surface area contributed by atoms with Gasteiger partial charge in [-0.25, -0.2) is 4.79 Å². The molecule has 1 atom stereocenters. The van der Waals surface area contributed by atoms with Gasteiger partial charge in [-0.05, 0) is 0 Å². The van der Waals surface area contributed by atoms with Crippen LogP contribution in [0.2, 0.25) is 0 Å². The molecule has 0 aromatic carbocycles. The number of alkyl halides is 1. The van der Waals surface area contributed by atoms with Crippen LogP contribution in [0.15, 0.2) is 0 Å². The van der Waals surface area contributed by atoms with Crippen molar-refractivity contribution >= 4 is 28.6 Å². The number of likely N-dealkylation sites (N-methyl/N-ethyl adjacent to an activating group) is 2. The number of hydrogen-bond donors (Lipinski definition) is 0.